The van der Waals surface area contributed by atoms with Crippen molar-refractivity contribution in [2.45, 2.75) is 19.6 Å². The van der Waals surface area contributed by atoms with Crippen LogP contribution in [-0.2, 0) is 6.54 Å². The highest BCUT2D eigenvalue weighted by atomic mass is 15.1. The normalized spacial score (nSPS) is 14.3. The van der Waals surface area contributed by atoms with Crippen molar-refractivity contribution < 1.29 is 0 Å². The molecule has 1 unspecified atom stereocenters. The summed E-state index contributed by atoms with van der Waals surface area (Å²) in [6.45, 7) is 2.76. The summed E-state index contributed by atoms with van der Waals surface area (Å²) in [5, 5.41) is 3.83. The van der Waals surface area contributed by atoms with Crippen molar-refractivity contribution in [3.05, 3.63) is 199 Å². The Morgan fingerprint density at radius 2 is 1.08 bits per heavy atom. The van der Waals surface area contributed by atoms with Crippen molar-refractivity contribution in [2.75, 3.05) is 4.90 Å². The summed E-state index contributed by atoms with van der Waals surface area (Å²) < 4.78 is 0. The van der Waals surface area contributed by atoms with Crippen molar-refractivity contribution in [1.29, 1.82) is 0 Å². The third-order valence-corrected chi connectivity index (χ3v) is 9.25. The van der Waals surface area contributed by atoms with Gasteiger partial charge in [0.05, 0.1) is 0 Å². The van der Waals surface area contributed by atoms with Gasteiger partial charge in [-0.3, -0.25) is 10.3 Å². The van der Waals surface area contributed by atoms with Crippen molar-refractivity contribution in [3.8, 4) is 33.4 Å². The molecule has 8 bridgehead atoms. The van der Waals surface area contributed by atoms with Crippen LogP contribution in [0, 0.1) is 0 Å². The molecule has 3 heteroatoms. The summed E-state index contributed by atoms with van der Waals surface area (Å²) in [7, 11) is 0. The largest absolute Gasteiger partial charge is 0.310 e. The molecule has 1 heterocycles. The lowest BCUT2D eigenvalue weighted by Crippen LogP contribution is -2.21. The lowest BCUT2D eigenvalue weighted by Gasteiger charge is -2.27. The minimum atomic E-state index is -0.238. The van der Waals surface area contributed by atoms with Gasteiger partial charge in [-0.1, -0.05) is 133 Å². The second-order valence-corrected chi connectivity index (χ2v) is 12.5. The lowest BCUT2D eigenvalue weighted by molar-refractivity contribution is 0.555. The van der Waals surface area contributed by atoms with E-state index in [0.29, 0.717) is 6.54 Å². The van der Waals surface area contributed by atoms with E-state index in [-0.39, 0.29) is 6.17 Å². The number of para-hydroxylation sites is 1. The van der Waals surface area contributed by atoms with Gasteiger partial charge in [0.15, 0.2) is 0 Å². The van der Waals surface area contributed by atoms with Crippen LogP contribution in [0.4, 0.5) is 17.1 Å². The van der Waals surface area contributed by atoms with Gasteiger partial charge < -0.3 is 4.90 Å². The number of nitrogens with zero attached hydrogens (tertiary/aromatic N) is 2. The molecule has 0 spiro atoms. The molecular formula is C46H37N3. The van der Waals surface area contributed by atoms with Gasteiger partial charge in [0.25, 0.3) is 0 Å². The zero-order chi connectivity index (χ0) is 33.0. The molecule has 0 fully saturated rings. The molecule has 236 valence electrons. The Morgan fingerprint density at radius 1 is 0.510 bits per heavy atom. The van der Waals surface area contributed by atoms with Gasteiger partial charge in [0.2, 0.25) is 0 Å². The maximum atomic E-state index is 5.29. The maximum absolute atomic E-state index is 5.29. The van der Waals surface area contributed by atoms with Gasteiger partial charge in [-0.2, -0.15) is 0 Å². The van der Waals surface area contributed by atoms with Crippen LogP contribution < -0.4 is 10.2 Å². The fourth-order valence-corrected chi connectivity index (χ4v) is 6.76. The molecule has 0 radical (unpaired) electrons. The number of rotatable bonds is 4. The Kier molecular flexibility index (Phi) is 8.41. The van der Waals surface area contributed by atoms with E-state index in [4.69, 9.17) is 4.99 Å². The second-order valence-electron chi connectivity index (χ2n) is 12.5. The van der Waals surface area contributed by atoms with E-state index >= 15 is 0 Å². The summed E-state index contributed by atoms with van der Waals surface area (Å²) >= 11 is 0. The molecule has 0 saturated carbocycles. The SMILES string of the molecule is CC(=NC1NCc2ccc(-c3ccccc3)c(c2)-c2cccc(c2)N(c2ccccc2)c2cccc(c2)-c2cccc1c2)c1ccccc1. The van der Waals surface area contributed by atoms with Crippen LogP contribution in [0.1, 0.15) is 29.8 Å². The van der Waals surface area contributed by atoms with Gasteiger partial charge >= 0.3 is 0 Å². The monoisotopic (exact) mass is 631 g/mol. The Morgan fingerprint density at radius 3 is 1.82 bits per heavy atom. The highest BCUT2D eigenvalue weighted by molar-refractivity contribution is 5.98. The zero-order valence-corrected chi connectivity index (χ0v) is 27.5. The molecule has 1 aliphatic heterocycles. The molecule has 0 aromatic heterocycles. The van der Waals surface area contributed by atoms with E-state index in [0.717, 1.165) is 45.0 Å². The first-order valence-corrected chi connectivity index (χ1v) is 16.9. The van der Waals surface area contributed by atoms with Crippen molar-refractivity contribution in [3.63, 3.8) is 0 Å². The van der Waals surface area contributed by atoms with Gasteiger partial charge in [-0.25, -0.2) is 0 Å². The fourth-order valence-electron chi connectivity index (χ4n) is 6.76. The molecule has 0 aliphatic carbocycles. The van der Waals surface area contributed by atoms with E-state index in [9.17, 15) is 0 Å². The average Bonchev–Trinajstić information content (AvgIpc) is 3.17. The van der Waals surface area contributed by atoms with Crippen LogP contribution in [0.15, 0.2) is 187 Å². The molecule has 3 nitrogen and oxygen atoms in total. The minimum Gasteiger partial charge on any atom is -0.310 e. The number of hydrogen-bond donors (Lipinski definition) is 1. The number of aliphatic imine (C=N–C) groups is 1. The lowest BCUT2D eigenvalue weighted by atomic mass is 9.92. The molecule has 0 saturated heterocycles. The predicted octanol–water partition coefficient (Wildman–Crippen LogP) is 11.8. The molecule has 1 aliphatic rings. The van der Waals surface area contributed by atoms with Gasteiger partial charge in [0, 0.05) is 29.3 Å². The third kappa shape index (κ3) is 6.45. The van der Waals surface area contributed by atoms with Gasteiger partial charge in [-0.15, -0.1) is 0 Å². The molecule has 1 N–H and O–H groups in total. The highest BCUT2D eigenvalue weighted by Crippen LogP contribution is 2.40. The number of benzene rings is 7. The molecule has 7 aromatic carbocycles. The number of nitrogens with one attached hydrogen (secondary N) is 1. The van der Waals surface area contributed by atoms with E-state index < -0.39 is 0 Å². The second kappa shape index (κ2) is 13.6. The summed E-state index contributed by atoms with van der Waals surface area (Å²) in [5.41, 5.74) is 14.8. The van der Waals surface area contributed by atoms with E-state index in [1.807, 2.05) is 6.07 Å². The Balaban J connectivity index is 1.34. The van der Waals surface area contributed by atoms with Crippen LogP contribution >= 0.6 is 0 Å². The predicted molar refractivity (Wildman–Crippen MR) is 206 cm³/mol. The van der Waals surface area contributed by atoms with Gasteiger partial charge in [-0.05, 0) is 106 Å². The van der Waals surface area contributed by atoms with Crippen LogP contribution in [0.3, 0.4) is 0 Å². The molecule has 49 heavy (non-hydrogen) atoms. The average molecular weight is 632 g/mol. The quantitative estimate of drug-likeness (QED) is 0.196. The van der Waals surface area contributed by atoms with E-state index in [1.165, 1.54) is 27.8 Å². The maximum Gasteiger partial charge on any atom is 0.126 e. The summed E-state index contributed by atoms with van der Waals surface area (Å²) in [4.78, 5) is 7.64. The first-order chi connectivity index (χ1) is 24.2. The molecular weight excluding hydrogens is 595 g/mol. The van der Waals surface area contributed by atoms with Gasteiger partial charge in [0.1, 0.15) is 6.17 Å². The highest BCUT2D eigenvalue weighted by Gasteiger charge is 2.18. The summed E-state index contributed by atoms with van der Waals surface area (Å²) in [6, 6.07) is 65.2. The molecule has 1 atom stereocenters. The van der Waals surface area contributed by atoms with Crippen LogP contribution in [0.2, 0.25) is 0 Å². The van der Waals surface area contributed by atoms with Crippen LogP contribution in [-0.4, -0.2) is 5.71 Å². The van der Waals surface area contributed by atoms with Crippen molar-refractivity contribution in [1.82, 2.24) is 5.32 Å². The summed E-state index contributed by atoms with van der Waals surface area (Å²) in [5.74, 6) is 0. The fraction of sp³-hybridized carbons (Fsp3) is 0.0652. The number of anilines is 3. The van der Waals surface area contributed by atoms with E-state index in [2.05, 4.69) is 193 Å². The first-order valence-electron chi connectivity index (χ1n) is 16.9. The van der Waals surface area contributed by atoms with Crippen molar-refractivity contribution in [2.24, 2.45) is 4.99 Å². The Bertz CT molecular complexity index is 2240. The zero-order valence-electron chi connectivity index (χ0n) is 27.5. The first kappa shape index (κ1) is 30.3. The molecule has 7 aromatic rings. The standard InChI is InChI=1S/C46H37N3/c1-33(35-14-5-2-6-15-35)48-46-40-21-11-18-37(29-40)38-19-12-24-42(30-38)49(41-22-9-4-10-23-41)43-25-13-20-39(31-43)45-28-34(32-47-46)26-27-44(45)36-16-7-3-8-17-36/h2-31,46-47H,32H2,1H3. The molecule has 0 amide bonds. The molecule has 8 rings (SSSR count). The number of fused-ring (bicyclic) bond motifs is 10. The van der Waals surface area contributed by atoms with Crippen molar-refractivity contribution >= 4 is 22.8 Å². The third-order valence-electron chi connectivity index (χ3n) is 9.25. The summed E-state index contributed by atoms with van der Waals surface area (Å²) in [6.07, 6.45) is -0.238. The Hall–Kier alpha value is -6.03. The smallest absolute Gasteiger partial charge is 0.126 e. The Labute approximate surface area is 288 Å². The number of hydrogen-bond acceptors (Lipinski definition) is 3. The van der Waals surface area contributed by atoms with E-state index in [1.54, 1.807) is 0 Å². The van der Waals surface area contributed by atoms with Crippen LogP contribution in [0.5, 0.6) is 0 Å². The van der Waals surface area contributed by atoms with Crippen LogP contribution in [0.25, 0.3) is 33.4 Å². The minimum absolute atomic E-state index is 0.238. The topological polar surface area (TPSA) is 27.6 Å².